The second-order valence-electron chi connectivity index (χ2n) is 12.2. The zero-order chi connectivity index (χ0) is 33.2. The van der Waals surface area contributed by atoms with Crippen LogP contribution >= 0.6 is 14.3 Å². The van der Waals surface area contributed by atoms with Crippen molar-refractivity contribution in [1.29, 1.82) is 0 Å². The first kappa shape index (κ1) is 33.2. The topological polar surface area (TPSA) is 81.2 Å². The summed E-state index contributed by atoms with van der Waals surface area (Å²) in [6.07, 6.45) is -0.202. The maximum absolute atomic E-state index is 15.0. The summed E-state index contributed by atoms with van der Waals surface area (Å²) in [5, 5.41) is 0.920. The van der Waals surface area contributed by atoms with E-state index in [1.165, 1.54) is 0 Å². The van der Waals surface area contributed by atoms with Gasteiger partial charge in [0.25, 0.3) is 0 Å². The molecule has 1 aromatic heterocycles. The Morgan fingerprint density at radius 2 is 0.826 bits per heavy atom. The molecule has 5 nitrogen and oxygen atoms in total. The minimum Gasteiger partial charge on any atom is -0.310 e. The summed E-state index contributed by atoms with van der Waals surface area (Å²) < 4.78 is 30.0. The molecule has 46 heavy (non-hydrogen) atoms. The highest BCUT2D eigenvalue weighted by molar-refractivity contribution is 7.87. The van der Waals surface area contributed by atoms with Crippen LogP contribution in [0.25, 0.3) is 0 Å². The summed E-state index contributed by atoms with van der Waals surface area (Å²) in [6.45, 7) is 11.4. The van der Waals surface area contributed by atoms with Crippen LogP contribution in [0.1, 0.15) is 65.5 Å². The number of hydrogen-bond donors (Lipinski definition) is 0. The van der Waals surface area contributed by atoms with Gasteiger partial charge in [0.15, 0.2) is 14.3 Å². The van der Waals surface area contributed by atoms with E-state index in [1.54, 1.807) is 66.7 Å². The predicted octanol–water partition coefficient (Wildman–Crippen LogP) is 8.99. The van der Waals surface area contributed by atoms with Gasteiger partial charge in [-0.3, -0.25) is 14.6 Å². The molecule has 5 rings (SSSR count). The van der Waals surface area contributed by atoms with Crippen molar-refractivity contribution in [3.63, 3.8) is 0 Å². The van der Waals surface area contributed by atoms with Crippen LogP contribution in [0.3, 0.4) is 0 Å². The Morgan fingerprint density at radius 3 is 1.15 bits per heavy atom. The summed E-state index contributed by atoms with van der Waals surface area (Å²) in [4.78, 5) is 33.4. The van der Waals surface area contributed by atoms with Gasteiger partial charge in [-0.15, -0.1) is 0 Å². The lowest BCUT2D eigenvalue weighted by molar-refractivity contribution is 0.106. The molecular weight excluding hydrogens is 608 g/mol. The number of aryl methyl sites for hydroxylation is 6. The standard InChI is InChI=1S/C39H39NO4P2/c1-26-20-28(3)36(29(4)21-26)38(41)45(43,34-16-9-7-10-17-34)24-32-14-13-15-33(40-32)25-46(44,35-18-11-8-12-19-35)39(42)37-30(5)22-27(2)23-31(37)6/h7-23H,24-25H2,1-6H3. The van der Waals surface area contributed by atoms with Crippen LogP contribution < -0.4 is 10.6 Å². The molecule has 2 atom stereocenters. The summed E-state index contributed by atoms with van der Waals surface area (Å²) in [7, 11) is -7.45. The van der Waals surface area contributed by atoms with Gasteiger partial charge in [-0.25, -0.2) is 0 Å². The van der Waals surface area contributed by atoms with Gasteiger partial charge in [-0.1, -0.05) is 102 Å². The Morgan fingerprint density at radius 1 is 0.500 bits per heavy atom. The number of hydrogen-bond acceptors (Lipinski definition) is 5. The van der Waals surface area contributed by atoms with E-state index in [0.717, 1.165) is 33.4 Å². The van der Waals surface area contributed by atoms with Crippen LogP contribution in [-0.4, -0.2) is 16.0 Å². The van der Waals surface area contributed by atoms with Crippen molar-refractivity contribution < 1.29 is 18.7 Å². The molecule has 0 bridgehead atoms. The monoisotopic (exact) mass is 647 g/mol. The van der Waals surface area contributed by atoms with Crippen LogP contribution in [-0.2, 0) is 21.5 Å². The van der Waals surface area contributed by atoms with Crippen molar-refractivity contribution in [3.8, 4) is 0 Å². The fraction of sp³-hybridized carbons (Fsp3) is 0.205. The normalized spacial score (nSPS) is 13.9. The number of nitrogens with zero attached hydrogens (tertiary/aromatic N) is 1. The van der Waals surface area contributed by atoms with E-state index in [4.69, 9.17) is 4.98 Å². The molecule has 0 spiro atoms. The SMILES string of the molecule is Cc1cc(C)c(C(=O)P(=O)(Cc2cccc(CP(=O)(C(=O)c3c(C)cc(C)cc3C)c3ccccc3)n2)c2ccccc2)c(C)c1. The summed E-state index contributed by atoms with van der Waals surface area (Å²) in [5.74, 6) is 0. The molecular formula is C39H39NO4P2. The molecule has 0 amide bonds. The van der Waals surface area contributed by atoms with Gasteiger partial charge in [0.05, 0.1) is 12.3 Å². The highest BCUT2D eigenvalue weighted by atomic mass is 31.2. The van der Waals surface area contributed by atoms with Crippen molar-refractivity contribution in [2.24, 2.45) is 0 Å². The van der Waals surface area contributed by atoms with Gasteiger partial charge >= 0.3 is 0 Å². The molecule has 2 unspecified atom stereocenters. The fourth-order valence-corrected chi connectivity index (χ4v) is 11.6. The average molecular weight is 648 g/mol. The number of rotatable bonds is 10. The van der Waals surface area contributed by atoms with E-state index in [-0.39, 0.29) is 12.3 Å². The highest BCUT2D eigenvalue weighted by Gasteiger charge is 2.39. The molecule has 0 N–H and O–H groups in total. The van der Waals surface area contributed by atoms with Crippen LogP contribution in [0, 0.1) is 41.5 Å². The van der Waals surface area contributed by atoms with Crippen LogP contribution in [0.2, 0.25) is 0 Å². The van der Waals surface area contributed by atoms with Gasteiger partial charge in [-0.2, -0.15) is 0 Å². The summed E-state index contributed by atoms with van der Waals surface area (Å²) in [5.41, 5.74) is 6.20. The highest BCUT2D eigenvalue weighted by Crippen LogP contribution is 2.53. The van der Waals surface area contributed by atoms with E-state index >= 15 is 0 Å². The minimum atomic E-state index is -3.73. The number of carbonyl (C=O) groups excluding carboxylic acids is 2. The maximum Gasteiger partial charge on any atom is 0.226 e. The van der Waals surface area contributed by atoms with E-state index in [2.05, 4.69) is 0 Å². The largest absolute Gasteiger partial charge is 0.310 e. The van der Waals surface area contributed by atoms with Gasteiger partial charge in [0.1, 0.15) is 0 Å². The van der Waals surface area contributed by atoms with Crippen molar-refractivity contribution >= 4 is 35.9 Å². The molecule has 0 fully saturated rings. The van der Waals surface area contributed by atoms with Crippen molar-refractivity contribution in [1.82, 2.24) is 4.98 Å². The Labute approximate surface area is 271 Å². The molecule has 0 radical (unpaired) electrons. The second kappa shape index (κ2) is 13.3. The Kier molecular flexibility index (Phi) is 9.59. The molecule has 7 heteroatoms. The third-order valence-corrected chi connectivity index (χ3v) is 14.0. The van der Waals surface area contributed by atoms with Crippen molar-refractivity contribution in [3.05, 3.63) is 159 Å². The van der Waals surface area contributed by atoms with Crippen LogP contribution in [0.15, 0.2) is 103 Å². The molecule has 0 aliphatic rings. The van der Waals surface area contributed by atoms with Crippen molar-refractivity contribution in [2.75, 3.05) is 0 Å². The number of carbonyl (C=O) groups is 2. The van der Waals surface area contributed by atoms with E-state index in [0.29, 0.717) is 33.1 Å². The fourth-order valence-electron chi connectivity index (χ4n) is 6.46. The molecule has 0 aliphatic heterocycles. The summed E-state index contributed by atoms with van der Waals surface area (Å²) >= 11 is 0. The van der Waals surface area contributed by atoms with Gasteiger partial charge in [-0.05, 0) is 75.9 Å². The second-order valence-corrected chi connectivity index (χ2v) is 17.7. The number of pyridine rings is 1. The molecule has 5 aromatic rings. The van der Waals surface area contributed by atoms with Gasteiger partial charge in [0, 0.05) is 33.1 Å². The minimum absolute atomic E-state index is 0.101. The van der Waals surface area contributed by atoms with E-state index < -0.39 is 25.3 Å². The Bertz CT molecular complexity index is 1860. The molecule has 1 heterocycles. The lowest BCUT2D eigenvalue weighted by Crippen LogP contribution is -2.19. The first-order chi connectivity index (χ1) is 21.8. The Balaban J connectivity index is 1.58. The molecule has 234 valence electrons. The Hall–Kier alpha value is -4.17. The van der Waals surface area contributed by atoms with E-state index in [1.807, 2.05) is 77.9 Å². The molecule has 0 saturated carbocycles. The molecule has 0 saturated heterocycles. The average Bonchev–Trinajstić information content (AvgIpc) is 3.01. The van der Waals surface area contributed by atoms with Crippen LogP contribution in [0.4, 0.5) is 0 Å². The van der Waals surface area contributed by atoms with Gasteiger partial charge in [0.2, 0.25) is 11.0 Å². The van der Waals surface area contributed by atoms with Crippen molar-refractivity contribution in [2.45, 2.75) is 53.9 Å². The number of benzene rings is 4. The smallest absolute Gasteiger partial charge is 0.226 e. The zero-order valence-corrected chi connectivity index (χ0v) is 29.0. The third-order valence-electron chi connectivity index (χ3n) is 8.42. The third kappa shape index (κ3) is 6.54. The summed E-state index contributed by atoms with van der Waals surface area (Å²) in [6, 6.07) is 30.7. The molecule has 0 aliphatic carbocycles. The first-order valence-electron chi connectivity index (χ1n) is 15.3. The van der Waals surface area contributed by atoms with Crippen LogP contribution in [0.5, 0.6) is 0 Å². The first-order valence-corrected chi connectivity index (χ1v) is 19.1. The predicted molar refractivity (Wildman–Crippen MR) is 189 cm³/mol. The molecule has 4 aromatic carbocycles. The quantitative estimate of drug-likeness (QED) is 0.141. The number of aromatic nitrogens is 1. The zero-order valence-electron chi connectivity index (χ0n) is 27.2. The van der Waals surface area contributed by atoms with Gasteiger partial charge < -0.3 is 9.13 Å². The maximum atomic E-state index is 15.0. The van der Waals surface area contributed by atoms with E-state index in [9.17, 15) is 18.7 Å². The lowest BCUT2D eigenvalue weighted by Gasteiger charge is -2.22. The lowest BCUT2D eigenvalue weighted by atomic mass is 10.0.